The number of amides is 3. The van der Waals surface area contributed by atoms with E-state index in [0.717, 1.165) is 5.56 Å². The molecule has 3 aromatic rings. The first-order valence-electron chi connectivity index (χ1n) is 12.1. The topological polar surface area (TPSA) is 108 Å². The lowest BCUT2D eigenvalue weighted by molar-refractivity contribution is -0.132. The molecule has 0 bridgehead atoms. The smallest absolute Gasteiger partial charge is 0.335 e. The van der Waals surface area contributed by atoms with Crippen LogP contribution in [0, 0.1) is 6.92 Å². The summed E-state index contributed by atoms with van der Waals surface area (Å²) in [4.78, 5) is 38.0. The number of urea groups is 1. The van der Waals surface area contributed by atoms with Crippen molar-refractivity contribution in [2.45, 2.75) is 32.0 Å². The highest BCUT2D eigenvalue weighted by molar-refractivity contribution is 6.39. The van der Waals surface area contributed by atoms with Crippen LogP contribution in [0.25, 0.3) is 0 Å². The zero-order valence-electron chi connectivity index (χ0n) is 20.9. The molecule has 0 radical (unpaired) electrons. The first kappa shape index (κ1) is 28.2. The Morgan fingerprint density at radius 3 is 2.38 bits per heavy atom. The van der Waals surface area contributed by atoms with Crippen molar-refractivity contribution in [2.75, 3.05) is 23.8 Å². The molecule has 0 saturated carbocycles. The van der Waals surface area contributed by atoms with Crippen LogP contribution in [0.2, 0.25) is 10.0 Å². The summed E-state index contributed by atoms with van der Waals surface area (Å²) >= 11 is 12.2. The molecule has 2 atom stereocenters. The van der Waals surface area contributed by atoms with Gasteiger partial charge in [0.05, 0.1) is 40.3 Å². The monoisotopic (exact) mass is 573 g/mol. The molecule has 11 heteroatoms. The van der Waals surface area contributed by atoms with Crippen molar-refractivity contribution >= 4 is 52.5 Å². The third kappa shape index (κ3) is 7.19. The van der Waals surface area contributed by atoms with Gasteiger partial charge in [-0.15, -0.1) is 0 Å². The SMILES string of the molecule is Cc1cc(CC(=O)N2CC(F)CC2COc2ccc(C(=O)O)cc2)ccc1NC(=O)Nc1c(Cl)cccc1Cl. The number of carbonyl (C=O) groups is 3. The predicted octanol–water partition coefficient (Wildman–Crippen LogP) is 6.20. The Bertz CT molecular complexity index is 1370. The Hall–Kier alpha value is -3.82. The van der Waals surface area contributed by atoms with Crippen molar-refractivity contribution in [3.63, 3.8) is 0 Å². The van der Waals surface area contributed by atoms with E-state index >= 15 is 0 Å². The van der Waals surface area contributed by atoms with Gasteiger partial charge in [-0.1, -0.05) is 41.4 Å². The molecule has 1 saturated heterocycles. The molecule has 39 heavy (non-hydrogen) atoms. The number of para-hydroxylation sites is 1. The average molecular weight is 574 g/mol. The van der Waals surface area contributed by atoms with E-state index < -0.39 is 24.2 Å². The minimum absolute atomic E-state index is 0.0196. The average Bonchev–Trinajstić information content (AvgIpc) is 3.27. The van der Waals surface area contributed by atoms with E-state index in [2.05, 4.69) is 10.6 Å². The molecule has 3 amide bonds. The van der Waals surface area contributed by atoms with Crippen molar-refractivity contribution in [3.8, 4) is 5.75 Å². The number of likely N-dealkylation sites (tertiary alicyclic amines) is 1. The van der Waals surface area contributed by atoms with Gasteiger partial charge in [0.25, 0.3) is 0 Å². The number of carboxylic acids is 1. The lowest BCUT2D eigenvalue weighted by Crippen LogP contribution is -2.40. The number of rotatable bonds is 8. The van der Waals surface area contributed by atoms with Crippen LogP contribution in [-0.2, 0) is 11.2 Å². The minimum Gasteiger partial charge on any atom is -0.491 e. The van der Waals surface area contributed by atoms with E-state index in [1.807, 2.05) is 0 Å². The van der Waals surface area contributed by atoms with Crippen molar-refractivity contribution < 1.29 is 28.6 Å². The van der Waals surface area contributed by atoms with Crippen LogP contribution < -0.4 is 15.4 Å². The molecule has 1 aliphatic heterocycles. The van der Waals surface area contributed by atoms with Crippen LogP contribution in [0.5, 0.6) is 5.75 Å². The highest BCUT2D eigenvalue weighted by Gasteiger charge is 2.35. The quantitative estimate of drug-likeness (QED) is 0.297. The van der Waals surface area contributed by atoms with Crippen LogP contribution in [0.15, 0.2) is 60.7 Å². The van der Waals surface area contributed by atoms with Gasteiger partial charge in [-0.25, -0.2) is 14.0 Å². The number of aryl methyl sites for hydroxylation is 1. The second-order valence-corrected chi connectivity index (χ2v) is 9.99. The number of hydrogen-bond acceptors (Lipinski definition) is 4. The summed E-state index contributed by atoms with van der Waals surface area (Å²) < 4.78 is 20.0. The number of benzene rings is 3. The Morgan fingerprint density at radius 2 is 1.74 bits per heavy atom. The maximum Gasteiger partial charge on any atom is 0.335 e. The van der Waals surface area contributed by atoms with Gasteiger partial charge in [-0.3, -0.25) is 4.79 Å². The van der Waals surface area contributed by atoms with Crippen LogP contribution in [-0.4, -0.2) is 53.3 Å². The molecule has 3 aromatic carbocycles. The number of anilines is 2. The summed E-state index contributed by atoms with van der Waals surface area (Å²) in [6, 6.07) is 15.0. The zero-order valence-corrected chi connectivity index (χ0v) is 22.4. The minimum atomic E-state index is -1.16. The van der Waals surface area contributed by atoms with Crippen molar-refractivity contribution in [2.24, 2.45) is 0 Å². The fourth-order valence-corrected chi connectivity index (χ4v) is 4.84. The molecule has 1 aliphatic rings. The lowest BCUT2D eigenvalue weighted by Gasteiger charge is -2.24. The predicted molar refractivity (Wildman–Crippen MR) is 148 cm³/mol. The summed E-state index contributed by atoms with van der Waals surface area (Å²) in [5.41, 5.74) is 2.41. The van der Waals surface area contributed by atoms with Gasteiger partial charge in [-0.05, 0) is 60.5 Å². The number of hydrogen-bond donors (Lipinski definition) is 3. The highest BCUT2D eigenvalue weighted by atomic mass is 35.5. The molecule has 1 heterocycles. The van der Waals surface area contributed by atoms with Gasteiger partial charge >= 0.3 is 12.0 Å². The first-order valence-corrected chi connectivity index (χ1v) is 12.9. The van der Waals surface area contributed by atoms with Crippen molar-refractivity contribution in [1.29, 1.82) is 0 Å². The van der Waals surface area contributed by atoms with Gasteiger partial charge in [-0.2, -0.15) is 0 Å². The Morgan fingerprint density at radius 1 is 1.05 bits per heavy atom. The number of nitrogens with zero attached hydrogens (tertiary/aromatic N) is 1. The molecule has 2 unspecified atom stereocenters. The maximum absolute atomic E-state index is 14.3. The van der Waals surface area contributed by atoms with Gasteiger partial charge < -0.3 is 25.4 Å². The standard InChI is InChI=1S/C28H26Cl2FN3O5/c1-16-11-17(5-10-24(16)32-28(38)33-26-22(29)3-2-4-23(26)30)12-25(35)34-14-19(31)13-20(34)15-39-21-8-6-18(7-9-21)27(36)37/h2-11,19-20H,12-15H2,1H3,(H,36,37)(H2,32,33,38). The molecular formula is C28H26Cl2FN3O5. The maximum atomic E-state index is 14.3. The summed E-state index contributed by atoms with van der Waals surface area (Å²) in [7, 11) is 0. The number of carbonyl (C=O) groups excluding carboxylic acids is 2. The molecule has 0 aliphatic carbocycles. The zero-order chi connectivity index (χ0) is 28.1. The molecule has 3 N–H and O–H groups in total. The molecule has 204 valence electrons. The largest absolute Gasteiger partial charge is 0.491 e. The summed E-state index contributed by atoms with van der Waals surface area (Å²) in [5, 5.41) is 15.0. The van der Waals surface area contributed by atoms with E-state index in [9.17, 15) is 18.8 Å². The van der Waals surface area contributed by atoms with Crippen LogP contribution >= 0.6 is 23.2 Å². The third-order valence-corrected chi connectivity index (χ3v) is 6.95. The molecular weight excluding hydrogens is 548 g/mol. The van der Waals surface area contributed by atoms with Crippen LogP contribution in [0.4, 0.5) is 20.6 Å². The van der Waals surface area contributed by atoms with E-state index in [1.165, 1.54) is 29.2 Å². The van der Waals surface area contributed by atoms with Crippen LogP contribution in [0.3, 0.4) is 0 Å². The fraction of sp³-hybridized carbons (Fsp3) is 0.250. The third-order valence-electron chi connectivity index (χ3n) is 6.32. The first-order chi connectivity index (χ1) is 18.6. The van der Waals surface area contributed by atoms with Crippen molar-refractivity contribution in [1.82, 2.24) is 4.90 Å². The van der Waals surface area contributed by atoms with Crippen molar-refractivity contribution in [3.05, 3.63) is 87.4 Å². The second kappa shape index (κ2) is 12.4. The van der Waals surface area contributed by atoms with Gasteiger partial charge in [0.2, 0.25) is 5.91 Å². The summed E-state index contributed by atoms with van der Waals surface area (Å²) in [6.07, 6.45) is -0.944. The molecule has 4 rings (SSSR count). The lowest BCUT2D eigenvalue weighted by atomic mass is 10.1. The number of nitrogens with one attached hydrogen (secondary N) is 2. The van der Waals surface area contributed by atoms with E-state index in [0.29, 0.717) is 32.7 Å². The van der Waals surface area contributed by atoms with E-state index in [-0.39, 0.29) is 37.5 Å². The van der Waals surface area contributed by atoms with E-state index in [4.69, 9.17) is 33.0 Å². The van der Waals surface area contributed by atoms with Crippen LogP contribution in [0.1, 0.15) is 27.9 Å². The Labute approximate surface area is 234 Å². The molecule has 0 aromatic heterocycles. The Kier molecular flexibility index (Phi) is 8.93. The van der Waals surface area contributed by atoms with Gasteiger partial charge in [0, 0.05) is 12.1 Å². The number of carboxylic acid groups (broad SMARTS) is 1. The van der Waals surface area contributed by atoms with Gasteiger partial charge in [0.15, 0.2) is 0 Å². The summed E-state index contributed by atoms with van der Waals surface area (Å²) in [6.45, 7) is 1.87. The van der Waals surface area contributed by atoms with Gasteiger partial charge in [0.1, 0.15) is 18.5 Å². The number of aromatic carboxylic acids is 1. The molecule has 8 nitrogen and oxygen atoms in total. The number of alkyl halides is 1. The highest BCUT2D eigenvalue weighted by Crippen LogP contribution is 2.30. The summed E-state index contributed by atoms with van der Waals surface area (Å²) in [5.74, 6) is -0.843. The van der Waals surface area contributed by atoms with E-state index in [1.54, 1.807) is 43.3 Å². The molecule has 1 fully saturated rings. The Balaban J connectivity index is 1.35. The number of ether oxygens (including phenoxy) is 1. The number of halogens is 3. The second-order valence-electron chi connectivity index (χ2n) is 9.18. The normalized spacial score (nSPS) is 16.6. The molecule has 0 spiro atoms. The fourth-order valence-electron chi connectivity index (χ4n) is 4.35.